The van der Waals surface area contributed by atoms with Crippen molar-refractivity contribution in [2.45, 2.75) is 33.2 Å². The number of hydrogen-bond donors (Lipinski definition) is 2. The van der Waals surface area contributed by atoms with Gasteiger partial charge in [0, 0.05) is 5.69 Å². The van der Waals surface area contributed by atoms with Crippen LogP contribution in [0.5, 0.6) is 0 Å². The molecule has 2 aromatic carbocycles. The van der Waals surface area contributed by atoms with Crippen molar-refractivity contribution in [3.63, 3.8) is 0 Å². The zero-order chi connectivity index (χ0) is 18.7. The topological polar surface area (TPSA) is 67.4 Å². The van der Waals surface area contributed by atoms with E-state index in [0.717, 1.165) is 12.1 Å². The third-order valence-electron chi connectivity index (χ3n) is 4.56. The van der Waals surface area contributed by atoms with Crippen LogP contribution in [-0.2, 0) is 16.0 Å². The summed E-state index contributed by atoms with van der Waals surface area (Å²) in [5.74, 6) is -0.304. The summed E-state index contributed by atoms with van der Waals surface area (Å²) in [6, 6.07) is 13.6. The van der Waals surface area contributed by atoms with Gasteiger partial charge < -0.3 is 15.4 Å². The van der Waals surface area contributed by atoms with Crippen LogP contribution in [0.15, 0.2) is 42.5 Å². The Kier molecular flexibility index (Phi) is 5.26. The predicted molar refractivity (Wildman–Crippen MR) is 102 cm³/mol. The van der Waals surface area contributed by atoms with Gasteiger partial charge in [0.25, 0.3) is 0 Å². The van der Waals surface area contributed by atoms with Crippen LogP contribution in [0.2, 0.25) is 0 Å². The molecule has 26 heavy (non-hydrogen) atoms. The number of ether oxygens (including phenoxy) is 1. The molecule has 0 aliphatic heterocycles. The van der Waals surface area contributed by atoms with Gasteiger partial charge in [0.1, 0.15) is 6.04 Å². The van der Waals surface area contributed by atoms with E-state index in [-0.39, 0.29) is 18.4 Å². The molecule has 2 aromatic rings. The Balaban J connectivity index is 1.73. The van der Waals surface area contributed by atoms with Gasteiger partial charge in [-0.05, 0) is 53.6 Å². The number of carbonyl (C=O) groups excluding carboxylic acids is 2. The number of hydrogen-bond acceptors (Lipinski definition) is 3. The van der Waals surface area contributed by atoms with E-state index in [9.17, 15) is 9.59 Å². The van der Waals surface area contributed by atoms with Crippen LogP contribution in [0.25, 0.3) is 11.1 Å². The molecule has 0 fully saturated rings. The van der Waals surface area contributed by atoms with Crippen LogP contribution in [0.4, 0.5) is 10.5 Å². The number of amides is 2. The van der Waals surface area contributed by atoms with Crippen molar-refractivity contribution in [1.29, 1.82) is 0 Å². The molecular formula is C21H24N2O3. The third kappa shape index (κ3) is 3.72. The summed E-state index contributed by atoms with van der Waals surface area (Å²) in [5, 5.41) is 5.55. The van der Waals surface area contributed by atoms with Crippen molar-refractivity contribution in [1.82, 2.24) is 5.32 Å². The quantitative estimate of drug-likeness (QED) is 0.730. The molecule has 2 amide bonds. The number of alkyl carbamates (subject to hydrolysis) is 1. The lowest BCUT2D eigenvalue weighted by molar-refractivity contribution is -0.119. The second-order valence-electron chi connectivity index (χ2n) is 6.78. The van der Waals surface area contributed by atoms with Crippen molar-refractivity contribution >= 4 is 17.7 Å². The van der Waals surface area contributed by atoms with Gasteiger partial charge in [-0.1, -0.05) is 44.2 Å². The van der Waals surface area contributed by atoms with Crippen molar-refractivity contribution in [2.75, 3.05) is 11.9 Å². The first kappa shape index (κ1) is 18.0. The Hall–Kier alpha value is -2.82. The summed E-state index contributed by atoms with van der Waals surface area (Å²) in [6.07, 6.45) is 0.287. The Morgan fingerprint density at radius 2 is 1.81 bits per heavy atom. The summed E-state index contributed by atoms with van der Waals surface area (Å²) < 4.78 is 4.89. The second kappa shape index (κ2) is 7.60. The molecule has 5 nitrogen and oxygen atoms in total. The molecule has 0 aromatic heterocycles. The lowest BCUT2D eigenvalue weighted by Crippen LogP contribution is -2.47. The molecule has 1 aliphatic carbocycles. The van der Waals surface area contributed by atoms with Crippen LogP contribution >= 0.6 is 0 Å². The third-order valence-corrected chi connectivity index (χ3v) is 4.56. The summed E-state index contributed by atoms with van der Waals surface area (Å²) in [6.45, 7) is 5.77. The number of carbonyl (C=O) groups is 2. The molecule has 0 radical (unpaired) electrons. The van der Waals surface area contributed by atoms with Gasteiger partial charge >= 0.3 is 6.09 Å². The van der Waals surface area contributed by atoms with E-state index in [4.69, 9.17) is 4.74 Å². The maximum Gasteiger partial charge on any atom is 0.407 e. The minimum atomic E-state index is -0.653. The molecule has 1 aliphatic rings. The maximum absolute atomic E-state index is 12.6. The predicted octanol–water partition coefficient (Wildman–Crippen LogP) is 3.97. The first-order valence-corrected chi connectivity index (χ1v) is 8.95. The van der Waals surface area contributed by atoms with Crippen molar-refractivity contribution in [3.8, 4) is 11.1 Å². The Labute approximate surface area is 153 Å². The maximum atomic E-state index is 12.6. The zero-order valence-corrected chi connectivity index (χ0v) is 15.3. The number of nitrogens with one attached hydrogen (secondary N) is 2. The highest BCUT2D eigenvalue weighted by atomic mass is 16.5. The Morgan fingerprint density at radius 1 is 1.08 bits per heavy atom. The number of anilines is 1. The normalized spacial score (nSPS) is 12.9. The molecule has 0 saturated carbocycles. The molecule has 3 rings (SSSR count). The first-order chi connectivity index (χ1) is 12.5. The van der Waals surface area contributed by atoms with Crippen LogP contribution in [0.3, 0.4) is 0 Å². The fraction of sp³-hybridized carbons (Fsp3) is 0.333. The van der Waals surface area contributed by atoms with E-state index >= 15 is 0 Å². The van der Waals surface area contributed by atoms with Crippen LogP contribution in [0, 0.1) is 5.92 Å². The van der Waals surface area contributed by atoms with Gasteiger partial charge in [0.2, 0.25) is 5.91 Å². The van der Waals surface area contributed by atoms with Gasteiger partial charge in [0.05, 0.1) is 6.61 Å². The molecule has 136 valence electrons. The number of benzene rings is 2. The molecule has 0 spiro atoms. The standard InChI is InChI=1S/C21H24N2O3/c1-4-26-21(25)23-19(13(2)3)20(24)22-16-9-10-18-15(12-16)11-14-7-5-6-8-17(14)18/h5-10,12-13,19H,4,11H2,1-3H3,(H,22,24)(H,23,25). The highest BCUT2D eigenvalue weighted by Crippen LogP contribution is 2.37. The molecule has 1 unspecified atom stereocenters. The first-order valence-electron chi connectivity index (χ1n) is 8.95. The molecule has 0 bridgehead atoms. The van der Waals surface area contributed by atoms with E-state index in [1.165, 1.54) is 22.3 Å². The average Bonchev–Trinajstić information content (AvgIpc) is 2.97. The van der Waals surface area contributed by atoms with Crippen LogP contribution in [-0.4, -0.2) is 24.6 Å². The fourth-order valence-corrected chi connectivity index (χ4v) is 3.28. The van der Waals surface area contributed by atoms with Crippen molar-refractivity contribution < 1.29 is 14.3 Å². The lowest BCUT2D eigenvalue weighted by atomic mass is 10.0. The highest BCUT2D eigenvalue weighted by Gasteiger charge is 2.25. The minimum absolute atomic E-state index is 0.0573. The fourth-order valence-electron chi connectivity index (χ4n) is 3.28. The number of rotatable bonds is 5. The van der Waals surface area contributed by atoms with Crippen molar-refractivity contribution in [3.05, 3.63) is 53.6 Å². The SMILES string of the molecule is CCOC(=O)NC(C(=O)Nc1ccc2c(c1)Cc1ccccc1-2)C(C)C. The summed E-state index contributed by atoms with van der Waals surface area (Å²) in [4.78, 5) is 24.3. The van der Waals surface area contributed by atoms with E-state index < -0.39 is 12.1 Å². The van der Waals surface area contributed by atoms with Crippen LogP contribution < -0.4 is 10.6 Å². The average molecular weight is 352 g/mol. The van der Waals surface area contributed by atoms with E-state index in [1.807, 2.05) is 44.2 Å². The summed E-state index contributed by atoms with van der Waals surface area (Å²) in [5.41, 5.74) is 5.70. The Morgan fingerprint density at radius 3 is 2.54 bits per heavy atom. The molecule has 1 atom stereocenters. The Bertz CT molecular complexity index is 830. The largest absolute Gasteiger partial charge is 0.450 e. The van der Waals surface area contributed by atoms with Gasteiger partial charge in [-0.3, -0.25) is 4.79 Å². The summed E-state index contributed by atoms with van der Waals surface area (Å²) in [7, 11) is 0. The minimum Gasteiger partial charge on any atom is -0.450 e. The lowest BCUT2D eigenvalue weighted by Gasteiger charge is -2.21. The van der Waals surface area contributed by atoms with Crippen molar-refractivity contribution in [2.24, 2.45) is 5.92 Å². The molecular weight excluding hydrogens is 328 g/mol. The monoisotopic (exact) mass is 352 g/mol. The van der Waals surface area contributed by atoms with E-state index in [1.54, 1.807) is 6.92 Å². The molecule has 5 heteroatoms. The summed E-state index contributed by atoms with van der Waals surface area (Å²) >= 11 is 0. The second-order valence-corrected chi connectivity index (χ2v) is 6.78. The van der Waals surface area contributed by atoms with Gasteiger partial charge in [-0.25, -0.2) is 4.79 Å². The van der Waals surface area contributed by atoms with Gasteiger partial charge in [-0.15, -0.1) is 0 Å². The highest BCUT2D eigenvalue weighted by molar-refractivity contribution is 5.97. The van der Waals surface area contributed by atoms with E-state index in [2.05, 4.69) is 22.8 Å². The molecule has 2 N–H and O–H groups in total. The number of fused-ring (bicyclic) bond motifs is 3. The smallest absolute Gasteiger partial charge is 0.407 e. The molecule has 0 heterocycles. The van der Waals surface area contributed by atoms with E-state index in [0.29, 0.717) is 0 Å². The molecule has 0 saturated heterocycles. The van der Waals surface area contributed by atoms with Crippen LogP contribution in [0.1, 0.15) is 31.9 Å². The van der Waals surface area contributed by atoms with Gasteiger partial charge in [-0.2, -0.15) is 0 Å². The van der Waals surface area contributed by atoms with Gasteiger partial charge in [0.15, 0.2) is 0 Å². The zero-order valence-electron chi connectivity index (χ0n) is 15.3.